The first kappa shape index (κ1) is 15.9. The van der Waals surface area contributed by atoms with Gasteiger partial charge in [0.2, 0.25) is 5.78 Å². The highest BCUT2D eigenvalue weighted by Crippen LogP contribution is 2.48. The molecule has 0 saturated heterocycles. The second-order valence-corrected chi connectivity index (χ2v) is 5.76. The topological polar surface area (TPSA) is 92.8 Å². The molecule has 5 nitrogen and oxygen atoms in total. The highest BCUT2D eigenvalue weighted by Gasteiger charge is 2.38. The summed E-state index contributed by atoms with van der Waals surface area (Å²) in [5.41, 5.74) is 5.42. The predicted octanol–water partition coefficient (Wildman–Crippen LogP) is 3.11. The first-order valence-electron chi connectivity index (χ1n) is 6.50. The Kier molecular flexibility index (Phi) is 3.83. The molecule has 1 heterocycles. The van der Waals surface area contributed by atoms with Crippen LogP contribution in [0, 0.1) is 5.82 Å². The lowest BCUT2D eigenvalue weighted by Gasteiger charge is -2.13. The number of phenols is 2. The maximum absolute atomic E-state index is 14.0. The van der Waals surface area contributed by atoms with E-state index in [-0.39, 0.29) is 44.8 Å². The number of ketones is 1. The number of benzene rings is 2. The van der Waals surface area contributed by atoms with E-state index in [9.17, 15) is 19.4 Å². The van der Waals surface area contributed by atoms with E-state index in [1.807, 2.05) is 0 Å². The SMILES string of the molecule is NCC1Oc2c(-c3c(Cl)cc(O)cc3Cl)cc(F)c(O)c2C1=O. The Hall–Kier alpha value is -2.02. The van der Waals surface area contributed by atoms with Crippen LogP contribution in [-0.2, 0) is 0 Å². The molecule has 0 spiro atoms. The Labute approximate surface area is 140 Å². The van der Waals surface area contributed by atoms with Crippen molar-refractivity contribution in [1.29, 1.82) is 0 Å². The molecule has 4 N–H and O–H groups in total. The molecule has 3 rings (SSSR count). The van der Waals surface area contributed by atoms with E-state index in [4.69, 9.17) is 33.7 Å². The first-order chi connectivity index (χ1) is 10.8. The number of phenolic OH excluding ortho intramolecular Hbond substituents is 2. The molecule has 0 bridgehead atoms. The maximum Gasteiger partial charge on any atom is 0.212 e. The van der Waals surface area contributed by atoms with Gasteiger partial charge in [0.25, 0.3) is 0 Å². The van der Waals surface area contributed by atoms with E-state index in [0.29, 0.717) is 0 Å². The quantitative estimate of drug-likeness (QED) is 0.767. The number of hydrogen-bond acceptors (Lipinski definition) is 5. The molecule has 2 aromatic rings. The largest absolute Gasteiger partial charge is 0.508 e. The van der Waals surface area contributed by atoms with Crippen LogP contribution in [0.15, 0.2) is 18.2 Å². The second kappa shape index (κ2) is 5.56. The number of ether oxygens (including phenoxy) is 1. The summed E-state index contributed by atoms with van der Waals surface area (Å²) in [5, 5.41) is 19.4. The number of aromatic hydroxyl groups is 2. The molecule has 1 unspecified atom stereocenters. The van der Waals surface area contributed by atoms with Gasteiger partial charge in [0.15, 0.2) is 17.7 Å². The van der Waals surface area contributed by atoms with E-state index < -0.39 is 23.5 Å². The van der Waals surface area contributed by atoms with Gasteiger partial charge in [-0.15, -0.1) is 0 Å². The summed E-state index contributed by atoms with van der Waals surface area (Å²) in [6, 6.07) is 3.40. The van der Waals surface area contributed by atoms with Crippen LogP contribution in [0.4, 0.5) is 4.39 Å². The van der Waals surface area contributed by atoms with Crippen LogP contribution in [0.25, 0.3) is 11.1 Å². The van der Waals surface area contributed by atoms with Crippen LogP contribution in [0.1, 0.15) is 10.4 Å². The fourth-order valence-electron chi connectivity index (χ4n) is 2.49. The lowest BCUT2D eigenvalue weighted by Crippen LogP contribution is -2.29. The first-order valence-corrected chi connectivity index (χ1v) is 7.25. The lowest BCUT2D eigenvalue weighted by molar-refractivity contribution is 0.0866. The van der Waals surface area contributed by atoms with E-state index in [0.717, 1.165) is 6.07 Å². The van der Waals surface area contributed by atoms with Crippen molar-refractivity contribution in [2.24, 2.45) is 5.73 Å². The molecule has 1 aliphatic heterocycles. The molecule has 120 valence electrons. The van der Waals surface area contributed by atoms with Crippen molar-refractivity contribution in [3.05, 3.63) is 39.6 Å². The summed E-state index contributed by atoms with van der Waals surface area (Å²) in [6.07, 6.45) is -1.02. The van der Waals surface area contributed by atoms with Gasteiger partial charge in [0, 0.05) is 17.7 Å². The molecule has 2 aromatic carbocycles. The molecule has 0 radical (unpaired) electrons. The normalized spacial score (nSPS) is 16.3. The molecule has 0 aromatic heterocycles. The molecule has 1 atom stereocenters. The summed E-state index contributed by atoms with van der Waals surface area (Å²) >= 11 is 12.2. The van der Waals surface area contributed by atoms with Crippen molar-refractivity contribution >= 4 is 29.0 Å². The monoisotopic (exact) mass is 357 g/mol. The average molecular weight is 358 g/mol. The number of hydrogen-bond donors (Lipinski definition) is 3. The number of halogens is 3. The van der Waals surface area contributed by atoms with E-state index >= 15 is 0 Å². The van der Waals surface area contributed by atoms with Crippen molar-refractivity contribution in [3.63, 3.8) is 0 Å². The fraction of sp³-hybridized carbons (Fsp3) is 0.133. The van der Waals surface area contributed by atoms with Crippen LogP contribution < -0.4 is 10.5 Å². The molecule has 8 heteroatoms. The van der Waals surface area contributed by atoms with Crippen LogP contribution >= 0.6 is 23.2 Å². The molecule has 1 aliphatic rings. The smallest absolute Gasteiger partial charge is 0.212 e. The summed E-state index contributed by atoms with van der Waals surface area (Å²) in [5.74, 6) is -2.66. The number of carbonyl (C=O) groups is 1. The molecule has 0 aliphatic carbocycles. The van der Waals surface area contributed by atoms with E-state index in [2.05, 4.69) is 0 Å². The zero-order valence-electron chi connectivity index (χ0n) is 11.4. The Morgan fingerprint density at radius 3 is 2.35 bits per heavy atom. The minimum Gasteiger partial charge on any atom is -0.508 e. The number of rotatable bonds is 2. The summed E-state index contributed by atoms with van der Waals surface area (Å²) < 4.78 is 19.5. The molecular weight excluding hydrogens is 348 g/mol. The highest BCUT2D eigenvalue weighted by molar-refractivity contribution is 6.39. The summed E-state index contributed by atoms with van der Waals surface area (Å²) in [6.45, 7) is -0.134. The molecule has 0 saturated carbocycles. The van der Waals surface area contributed by atoms with Gasteiger partial charge in [0.05, 0.1) is 10.0 Å². The number of fused-ring (bicyclic) bond motifs is 1. The van der Waals surface area contributed by atoms with Crippen molar-refractivity contribution in [1.82, 2.24) is 0 Å². The Morgan fingerprint density at radius 2 is 1.78 bits per heavy atom. The van der Waals surface area contributed by atoms with Crippen molar-refractivity contribution in [2.75, 3.05) is 6.54 Å². The molecule has 23 heavy (non-hydrogen) atoms. The minimum atomic E-state index is -1.02. The van der Waals surface area contributed by atoms with Crippen molar-refractivity contribution < 1.29 is 24.1 Å². The third-order valence-corrected chi connectivity index (χ3v) is 4.11. The standard InChI is InChI=1S/C15H10Cl2FNO4/c16-7-1-5(20)2-8(17)11(7)6-3-9(18)13(21)12-14(22)10(4-19)23-15(6)12/h1-3,10,20-21H,4,19H2. The zero-order chi connectivity index (χ0) is 16.9. The summed E-state index contributed by atoms with van der Waals surface area (Å²) in [4.78, 5) is 12.2. The Morgan fingerprint density at radius 1 is 1.17 bits per heavy atom. The predicted molar refractivity (Wildman–Crippen MR) is 83.0 cm³/mol. The third-order valence-electron chi connectivity index (χ3n) is 3.52. The van der Waals surface area contributed by atoms with E-state index in [1.54, 1.807) is 0 Å². The number of nitrogens with two attached hydrogens (primary N) is 1. The van der Waals surface area contributed by atoms with Gasteiger partial charge in [-0.1, -0.05) is 23.2 Å². The van der Waals surface area contributed by atoms with Crippen molar-refractivity contribution in [3.8, 4) is 28.4 Å². The van der Waals surface area contributed by atoms with Gasteiger partial charge in [-0.25, -0.2) is 4.39 Å². The second-order valence-electron chi connectivity index (χ2n) is 4.95. The highest BCUT2D eigenvalue weighted by atomic mass is 35.5. The van der Waals surface area contributed by atoms with Crippen molar-refractivity contribution in [2.45, 2.75) is 6.10 Å². The molecule has 0 amide bonds. The van der Waals surface area contributed by atoms with Gasteiger partial charge in [-0.05, 0) is 18.2 Å². The Bertz CT molecular complexity index is 818. The van der Waals surface area contributed by atoms with Crippen LogP contribution in [0.2, 0.25) is 10.0 Å². The van der Waals surface area contributed by atoms with Crippen LogP contribution in [0.5, 0.6) is 17.2 Å². The van der Waals surface area contributed by atoms with Crippen LogP contribution in [0.3, 0.4) is 0 Å². The maximum atomic E-state index is 14.0. The molecular formula is C15H10Cl2FNO4. The molecule has 0 fully saturated rings. The van der Waals surface area contributed by atoms with Gasteiger partial charge < -0.3 is 20.7 Å². The fourth-order valence-corrected chi connectivity index (χ4v) is 3.17. The Balaban J connectivity index is 2.33. The zero-order valence-corrected chi connectivity index (χ0v) is 13.0. The number of carbonyl (C=O) groups excluding carboxylic acids is 1. The lowest BCUT2D eigenvalue weighted by atomic mass is 9.98. The van der Waals surface area contributed by atoms with Gasteiger partial charge in [0.1, 0.15) is 17.1 Å². The van der Waals surface area contributed by atoms with E-state index in [1.165, 1.54) is 12.1 Å². The summed E-state index contributed by atoms with van der Waals surface area (Å²) in [7, 11) is 0. The van der Waals surface area contributed by atoms with Crippen LogP contribution in [-0.4, -0.2) is 28.6 Å². The number of Topliss-reactive ketones (excluding diaryl/α,β-unsaturated/α-hetero) is 1. The van der Waals surface area contributed by atoms with Gasteiger partial charge in [-0.3, -0.25) is 4.79 Å². The minimum absolute atomic E-state index is 0.0366. The average Bonchev–Trinajstić information content (AvgIpc) is 2.80. The van der Waals surface area contributed by atoms with Gasteiger partial charge in [-0.2, -0.15) is 0 Å². The third kappa shape index (κ3) is 2.39. The van der Waals surface area contributed by atoms with Gasteiger partial charge >= 0.3 is 0 Å².